The van der Waals surface area contributed by atoms with E-state index in [1.165, 1.54) is 12.1 Å². The maximum atomic E-state index is 14.5. The van der Waals surface area contributed by atoms with Crippen LogP contribution >= 0.6 is 11.6 Å². The quantitative estimate of drug-likeness (QED) is 0.636. The maximum absolute atomic E-state index is 14.5. The zero-order chi connectivity index (χ0) is 22.2. The molecule has 1 atom stereocenters. The van der Waals surface area contributed by atoms with Crippen LogP contribution in [0.2, 0.25) is 5.02 Å². The van der Waals surface area contributed by atoms with Gasteiger partial charge in [0, 0.05) is 35.8 Å². The largest absolute Gasteiger partial charge is 0.368 e. The third-order valence-electron chi connectivity index (χ3n) is 5.67. The summed E-state index contributed by atoms with van der Waals surface area (Å²) in [4.78, 5) is 27.4. The number of nitrogens with two attached hydrogens (primary N) is 1. The maximum Gasteiger partial charge on any atom is 0.236 e. The Hall–Kier alpha value is -3.36. The summed E-state index contributed by atoms with van der Waals surface area (Å²) >= 11 is 6.09. The summed E-state index contributed by atoms with van der Waals surface area (Å²) < 4.78 is 14.5. The molecule has 0 aliphatic carbocycles. The van der Waals surface area contributed by atoms with Crippen LogP contribution in [0.1, 0.15) is 11.3 Å². The van der Waals surface area contributed by atoms with Crippen molar-refractivity contribution >= 4 is 45.5 Å². The number of carbonyl (C=O) groups excluding carboxylic acids is 1. The van der Waals surface area contributed by atoms with E-state index in [1.54, 1.807) is 12.3 Å². The molecule has 0 saturated carbocycles. The summed E-state index contributed by atoms with van der Waals surface area (Å²) in [6, 6.07) is 9.71. The lowest BCUT2D eigenvalue weighted by molar-refractivity contribution is -0.120. The number of aliphatic imine (C=N–C) groups is 1. The number of rotatable bonds is 4. The van der Waals surface area contributed by atoms with Gasteiger partial charge in [-0.25, -0.2) is 9.37 Å². The summed E-state index contributed by atoms with van der Waals surface area (Å²) in [6.07, 6.45) is 3.70. The Bertz CT molecular complexity index is 1290. The SMILES string of the molecule is NC(=O)[C@@H]1CN(c2cnc3ccc(C4=CCN=C4c4cc(Cl)ccc4F)nc3c2)CCN1. The first-order valence-corrected chi connectivity index (χ1v) is 10.6. The highest BCUT2D eigenvalue weighted by Gasteiger charge is 2.24. The number of pyridine rings is 2. The third kappa shape index (κ3) is 3.83. The van der Waals surface area contributed by atoms with Gasteiger partial charge in [0.15, 0.2) is 0 Å². The van der Waals surface area contributed by atoms with Gasteiger partial charge >= 0.3 is 0 Å². The number of carbonyl (C=O) groups is 1. The molecule has 162 valence electrons. The van der Waals surface area contributed by atoms with Crippen molar-refractivity contribution in [2.75, 3.05) is 31.1 Å². The normalized spacial score (nSPS) is 18.6. The van der Waals surface area contributed by atoms with Crippen molar-refractivity contribution in [1.82, 2.24) is 15.3 Å². The zero-order valence-electron chi connectivity index (χ0n) is 17.1. The Kier molecular flexibility index (Phi) is 5.32. The van der Waals surface area contributed by atoms with E-state index in [4.69, 9.17) is 22.3 Å². The van der Waals surface area contributed by atoms with Gasteiger partial charge in [0.05, 0.1) is 40.9 Å². The van der Waals surface area contributed by atoms with Crippen LogP contribution in [0.15, 0.2) is 53.7 Å². The number of halogens is 2. The van der Waals surface area contributed by atoms with Gasteiger partial charge in [-0.15, -0.1) is 0 Å². The number of benzene rings is 1. The minimum Gasteiger partial charge on any atom is -0.368 e. The number of aromatic nitrogens is 2. The summed E-state index contributed by atoms with van der Waals surface area (Å²) in [5.41, 5.74) is 10.1. The molecule has 1 amide bonds. The lowest BCUT2D eigenvalue weighted by Crippen LogP contribution is -2.56. The van der Waals surface area contributed by atoms with Crippen LogP contribution in [0.5, 0.6) is 0 Å². The first-order chi connectivity index (χ1) is 15.5. The summed E-state index contributed by atoms with van der Waals surface area (Å²) in [6.45, 7) is 2.30. The Morgan fingerprint density at radius 2 is 2.09 bits per heavy atom. The molecule has 2 aromatic heterocycles. The van der Waals surface area contributed by atoms with Crippen molar-refractivity contribution in [3.8, 4) is 0 Å². The molecule has 7 nitrogen and oxygen atoms in total. The minimum atomic E-state index is -0.409. The lowest BCUT2D eigenvalue weighted by atomic mass is 9.99. The van der Waals surface area contributed by atoms with E-state index in [0.717, 1.165) is 23.3 Å². The van der Waals surface area contributed by atoms with Crippen molar-refractivity contribution in [2.45, 2.75) is 6.04 Å². The number of allylic oxidation sites excluding steroid dienone is 1. The van der Waals surface area contributed by atoms with Crippen LogP contribution in [-0.4, -0.2) is 53.8 Å². The monoisotopic (exact) mass is 450 g/mol. The van der Waals surface area contributed by atoms with E-state index in [0.29, 0.717) is 47.1 Å². The molecule has 9 heteroatoms. The molecule has 2 aliphatic rings. The van der Waals surface area contributed by atoms with E-state index < -0.39 is 6.04 Å². The first-order valence-electron chi connectivity index (χ1n) is 10.2. The highest BCUT2D eigenvalue weighted by Crippen LogP contribution is 2.28. The standard InChI is InChI=1S/C23H20ClFN6O/c24-13-1-2-17(25)16(9-13)22-15(5-6-28-22)18-3-4-19-20(30-18)10-14(11-29-19)31-8-7-27-21(12-31)23(26)32/h1-5,9-11,21,27H,6-8,12H2,(H2,26,32)/t21-/m0/s1. The lowest BCUT2D eigenvalue weighted by Gasteiger charge is -2.33. The number of anilines is 1. The van der Waals surface area contributed by atoms with Crippen LogP contribution in [0, 0.1) is 5.82 Å². The second kappa shape index (κ2) is 8.29. The zero-order valence-corrected chi connectivity index (χ0v) is 17.8. The van der Waals surface area contributed by atoms with Gasteiger partial charge in [-0.1, -0.05) is 17.7 Å². The average molecular weight is 451 g/mol. The van der Waals surface area contributed by atoms with Crippen molar-refractivity contribution in [1.29, 1.82) is 0 Å². The molecule has 3 aromatic rings. The molecule has 3 N–H and O–H groups in total. The Morgan fingerprint density at radius 3 is 2.94 bits per heavy atom. The second-order valence-electron chi connectivity index (χ2n) is 7.71. The molecule has 5 rings (SSSR count). The smallest absolute Gasteiger partial charge is 0.236 e. The molecule has 0 radical (unpaired) electrons. The number of nitrogens with one attached hydrogen (secondary N) is 1. The van der Waals surface area contributed by atoms with Crippen molar-refractivity contribution < 1.29 is 9.18 Å². The number of amides is 1. The van der Waals surface area contributed by atoms with Crippen LogP contribution in [-0.2, 0) is 4.79 Å². The molecule has 1 saturated heterocycles. The first kappa shape index (κ1) is 20.5. The Morgan fingerprint density at radius 1 is 1.22 bits per heavy atom. The number of hydrogen-bond acceptors (Lipinski definition) is 6. The molecule has 2 aliphatic heterocycles. The molecular formula is C23H20ClFN6O. The average Bonchev–Trinajstić information content (AvgIpc) is 3.29. The molecule has 4 heterocycles. The van der Waals surface area contributed by atoms with Crippen molar-refractivity contribution in [3.05, 3.63) is 70.8 Å². The minimum absolute atomic E-state index is 0.355. The van der Waals surface area contributed by atoms with Crippen LogP contribution < -0.4 is 16.0 Å². The fraction of sp³-hybridized carbons (Fsp3) is 0.217. The van der Waals surface area contributed by atoms with Gasteiger partial charge in [0.2, 0.25) is 5.91 Å². The molecule has 0 spiro atoms. The van der Waals surface area contributed by atoms with Crippen molar-refractivity contribution in [2.24, 2.45) is 10.7 Å². The Balaban J connectivity index is 1.48. The second-order valence-corrected chi connectivity index (χ2v) is 8.15. The number of fused-ring (bicyclic) bond motifs is 1. The topological polar surface area (TPSA) is 96.5 Å². The van der Waals surface area contributed by atoms with Crippen molar-refractivity contribution in [3.63, 3.8) is 0 Å². The van der Waals surface area contributed by atoms with Gasteiger partial charge in [-0.05, 0) is 36.4 Å². The van der Waals surface area contributed by atoms with Gasteiger partial charge < -0.3 is 16.0 Å². The molecule has 0 bridgehead atoms. The highest BCUT2D eigenvalue weighted by molar-refractivity contribution is 6.35. The van der Waals surface area contributed by atoms with Crippen LogP contribution in [0.4, 0.5) is 10.1 Å². The third-order valence-corrected chi connectivity index (χ3v) is 5.90. The van der Waals surface area contributed by atoms with E-state index in [-0.39, 0.29) is 11.7 Å². The van der Waals surface area contributed by atoms with Crippen LogP contribution in [0.3, 0.4) is 0 Å². The summed E-state index contributed by atoms with van der Waals surface area (Å²) in [7, 11) is 0. The molecule has 1 aromatic carbocycles. The number of primary amides is 1. The number of piperazine rings is 1. The van der Waals surface area contributed by atoms with E-state index in [1.807, 2.05) is 24.3 Å². The van der Waals surface area contributed by atoms with Gasteiger partial charge in [-0.3, -0.25) is 14.8 Å². The Labute approximate surface area is 188 Å². The molecule has 1 fully saturated rings. The number of hydrogen-bond donors (Lipinski definition) is 2. The summed E-state index contributed by atoms with van der Waals surface area (Å²) in [5, 5.41) is 3.56. The van der Waals surface area contributed by atoms with Gasteiger partial charge in [0.1, 0.15) is 11.9 Å². The van der Waals surface area contributed by atoms with E-state index in [2.05, 4.69) is 20.2 Å². The fourth-order valence-electron chi connectivity index (χ4n) is 4.04. The van der Waals surface area contributed by atoms with Gasteiger partial charge in [0.25, 0.3) is 0 Å². The highest BCUT2D eigenvalue weighted by atomic mass is 35.5. The van der Waals surface area contributed by atoms with Crippen LogP contribution in [0.25, 0.3) is 16.6 Å². The number of nitrogens with zero attached hydrogens (tertiary/aromatic N) is 4. The fourth-order valence-corrected chi connectivity index (χ4v) is 4.21. The van der Waals surface area contributed by atoms with Gasteiger partial charge in [-0.2, -0.15) is 0 Å². The summed E-state index contributed by atoms with van der Waals surface area (Å²) in [5.74, 6) is -0.759. The predicted octanol–water partition coefficient (Wildman–Crippen LogP) is 2.57. The molecule has 32 heavy (non-hydrogen) atoms. The van der Waals surface area contributed by atoms with E-state index in [9.17, 15) is 9.18 Å². The molecular weight excluding hydrogens is 431 g/mol. The molecule has 0 unspecified atom stereocenters. The van der Waals surface area contributed by atoms with E-state index >= 15 is 0 Å². The predicted molar refractivity (Wildman–Crippen MR) is 124 cm³/mol.